The quantitative estimate of drug-likeness (QED) is 0.529. The first-order valence-corrected chi connectivity index (χ1v) is 8.79. The van der Waals surface area contributed by atoms with Crippen molar-refractivity contribution in [2.24, 2.45) is 0 Å². The van der Waals surface area contributed by atoms with Crippen LogP contribution in [0.2, 0.25) is 0 Å². The predicted molar refractivity (Wildman–Crippen MR) is 99.8 cm³/mol. The number of nitrogens with zero attached hydrogens (tertiary/aromatic N) is 5. The molecule has 144 valence electrons. The third-order valence-electron chi connectivity index (χ3n) is 5.14. The molecule has 1 aliphatic carbocycles. The van der Waals surface area contributed by atoms with E-state index in [1.807, 2.05) is 0 Å². The molecule has 0 saturated carbocycles. The van der Waals surface area contributed by atoms with Gasteiger partial charge in [0, 0.05) is 35.9 Å². The molecule has 1 unspecified atom stereocenters. The third kappa shape index (κ3) is 2.77. The van der Waals surface area contributed by atoms with Crippen LogP contribution in [0.3, 0.4) is 0 Å². The number of aromatic nitrogens is 5. The average molecular weight is 394 g/mol. The molecule has 0 saturated heterocycles. The molecule has 0 fully saturated rings. The van der Waals surface area contributed by atoms with Gasteiger partial charge in [0.05, 0.1) is 27.9 Å². The number of fused-ring (bicyclic) bond motifs is 5. The van der Waals surface area contributed by atoms with Gasteiger partial charge in [-0.25, -0.2) is 24.9 Å². The summed E-state index contributed by atoms with van der Waals surface area (Å²) in [5, 5.41) is 0.559. The van der Waals surface area contributed by atoms with Crippen molar-refractivity contribution in [3.05, 3.63) is 71.7 Å². The summed E-state index contributed by atoms with van der Waals surface area (Å²) in [5.41, 5.74) is 9.16. The van der Waals surface area contributed by atoms with Crippen molar-refractivity contribution in [2.45, 2.75) is 18.5 Å². The standard InChI is InChI=1S/C20H13F3N6/c21-20(22,23)11-3-1-2-10(4-11)12-5-15-13(6-25-8-27-15)18-16(12)17-14(19(24)29-18)7-26-9-28-17/h1-4,6-9,12H,5H2,(H2,24,29). The Labute approximate surface area is 162 Å². The molecular formula is C20H13F3N6. The second-order valence-electron chi connectivity index (χ2n) is 6.81. The van der Waals surface area contributed by atoms with Crippen LogP contribution in [0.25, 0.3) is 22.2 Å². The summed E-state index contributed by atoms with van der Waals surface area (Å²) in [6.07, 6.45) is 1.98. The summed E-state index contributed by atoms with van der Waals surface area (Å²) in [6.45, 7) is 0. The van der Waals surface area contributed by atoms with Crippen molar-refractivity contribution >= 4 is 16.7 Å². The number of hydrogen-bond donors (Lipinski definition) is 1. The number of alkyl halides is 3. The smallest absolute Gasteiger partial charge is 0.383 e. The van der Waals surface area contributed by atoms with E-state index in [1.165, 1.54) is 24.8 Å². The summed E-state index contributed by atoms with van der Waals surface area (Å²) < 4.78 is 39.9. The minimum Gasteiger partial charge on any atom is -0.383 e. The zero-order valence-electron chi connectivity index (χ0n) is 14.9. The molecule has 3 aromatic heterocycles. The van der Waals surface area contributed by atoms with Crippen LogP contribution in [0.1, 0.15) is 28.3 Å². The zero-order chi connectivity index (χ0) is 20.2. The number of nitrogens with two attached hydrogens (primary N) is 1. The molecule has 0 aliphatic heterocycles. The summed E-state index contributed by atoms with van der Waals surface area (Å²) in [4.78, 5) is 21.3. The lowest BCUT2D eigenvalue weighted by Crippen LogP contribution is -2.18. The van der Waals surface area contributed by atoms with Crippen LogP contribution in [-0.2, 0) is 12.6 Å². The van der Waals surface area contributed by atoms with Gasteiger partial charge in [-0.05, 0) is 11.6 Å². The maximum absolute atomic E-state index is 13.3. The molecular weight excluding hydrogens is 381 g/mol. The molecule has 29 heavy (non-hydrogen) atoms. The second kappa shape index (κ2) is 6.20. The van der Waals surface area contributed by atoms with E-state index in [0.29, 0.717) is 45.4 Å². The minimum atomic E-state index is -4.43. The van der Waals surface area contributed by atoms with E-state index in [-0.39, 0.29) is 5.82 Å². The van der Waals surface area contributed by atoms with Crippen LogP contribution in [0.5, 0.6) is 0 Å². The van der Waals surface area contributed by atoms with E-state index < -0.39 is 17.7 Å². The molecule has 3 heterocycles. The normalized spacial score (nSPS) is 15.8. The van der Waals surface area contributed by atoms with Gasteiger partial charge in [-0.3, -0.25) is 0 Å². The number of anilines is 1. The lowest BCUT2D eigenvalue weighted by molar-refractivity contribution is -0.137. The van der Waals surface area contributed by atoms with Gasteiger partial charge >= 0.3 is 6.18 Å². The first-order valence-electron chi connectivity index (χ1n) is 8.79. The molecule has 0 spiro atoms. The van der Waals surface area contributed by atoms with Crippen LogP contribution in [0.4, 0.5) is 19.0 Å². The van der Waals surface area contributed by atoms with Crippen LogP contribution >= 0.6 is 0 Å². The third-order valence-corrected chi connectivity index (χ3v) is 5.14. The van der Waals surface area contributed by atoms with Gasteiger partial charge in [0.2, 0.25) is 0 Å². The highest BCUT2D eigenvalue weighted by atomic mass is 19.4. The molecule has 2 N–H and O–H groups in total. The van der Waals surface area contributed by atoms with E-state index in [2.05, 4.69) is 24.9 Å². The van der Waals surface area contributed by atoms with Gasteiger partial charge in [0.1, 0.15) is 18.5 Å². The van der Waals surface area contributed by atoms with E-state index in [4.69, 9.17) is 5.73 Å². The Morgan fingerprint density at radius 1 is 1.03 bits per heavy atom. The van der Waals surface area contributed by atoms with Crippen LogP contribution in [0.15, 0.2) is 49.3 Å². The summed E-state index contributed by atoms with van der Waals surface area (Å²) in [5.74, 6) is -0.168. The maximum Gasteiger partial charge on any atom is 0.416 e. The van der Waals surface area contributed by atoms with Gasteiger partial charge in [0.25, 0.3) is 0 Å². The molecule has 0 bridgehead atoms. The zero-order valence-corrected chi connectivity index (χ0v) is 14.9. The lowest BCUT2D eigenvalue weighted by atomic mass is 9.78. The molecule has 0 amide bonds. The molecule has 6 nitrogen and oxygen atoms in total. The highest BCUT2D eigenvalue weighted by Gasteiger charge is 2.34. The number of benzene rings is 1. The van der Waals surface area contributed by atoms with Crippen molar-refractivity contribution in [2.75, 3.05) is 5.73 Å². The van der Waals surface area contributed by atoms with Crippen molar-refractivity contribution in [3.63, 3.8) is 0 Å². The Kier molecular flexibility index (Phi) is 3.73. The number of hydrogen-bond acceptors (Lipinski definition) is 6. The Hall–Kier alpha value is -3.62. The molecule has 1 aliphatic rings. The van der Waals surface area contributed by atoms with E-state index in [9.17, 15) is 13.2 Å². The fourth-order valence-corrected chi connectivity index (χ4v) is 3.85. The summed E-state index contributed by atoms with van der Waals surface area (Å²) in [6, 6.07) is 5.32. The monoisotopic (exact) mass is 394 g/mol. The molecule has 1 atom stereocenters. The Balaban J connectivity index is 1.82. The summed E-state index contributed by atoms with van der Waals surface area (Å²) >= 11 is 0. The largest absolute Gasteiger partial charge is 0.416 e. The predicted octanol–water partition coefficient (Wildman–Crippen LogP) is 3.77. The van der Waals surface area contributed by atoms with E-state index >= 15 is 0 Å². The molecule has 1 aromatic carbocycles. The van der Waals surface area contributed by atoms with Gasteiger partial charge in [-0.2, -0.15) is 13.2 Å². The average Bonchev–Trinajstić information content (AvgIpc) is 2.73. The number of nitrogen functional groups attached to an aromatic ring is 1. The lowest BCUT2D eigenvalue weighted by Gasteiger charge is -2.28. The highest BCUT2D eigenvalue weighted by molar-refractivity contribution is 5.95. The SMILES string of the molecule is Nc1nc2c(c3ncncc13)C(c1cccc(C(F)(F)F)c1)Cc1ncncc1-2. The number of pyridine rings is 1. The van der Waals surface area contributed by atoms with Gasteiger partial charge in [-0.1, -0.05) is 18.2 Å². The van der Waals surface area contributed by atoms with Crippen LogP contribution in [-0.4, -0.2) is 24.9 Å². The van der Waals surface area contributed by atoms with Gasteiger partial charge < -0.3 is 5.73 Å². The topological polar surface area (TPSA) is 90.5 Å². The van der Waals surface area contributed by atoms with E-state index in [0.717, 1.165) is 6.07 Å². The second-order valence-corrected chi connectivity index (χ2v) is 6.81. The molecule has 0 radical (unpaired) electrons. The van der Waals surface area contributed by atoms with Crippen molar-refractivity contribution in [1.29, 1.82) is 0 Å². The minimum absolute atomic E-state index is 0.249. The molecule has 4 aromatic rings. The van der Waals surface area contributed by atoms with Crippen molar-refractivity contribution < 1.29 is 13.2 Å². The van der Waals surface area contributed by atoms with Crippen molar-refractivity contribution in [1.82, 2.24) is 24.9 Å². The Morgan fingerprint density at radius 3 is 2.66 bits per heavy atom. The Morgan fingerprint density at radius 2 is 1.83 bits per heavy atom. The van der Waals surface area contributed by atoms with Crippen LogP contribution in [0, 0.1) is 0 Å². The van der Waals surface area contributed by atoms with E-state index in [1.54, 1.807) is 18.5 Å². The first kappa shape index (κ1) is 17.5. The number of halogens is 3. The fraction of sp³-hybridized carbons (Fsp3) is 0.150. The highest BCUT2D eigenvalue weighted by Crippen LogP contribution is 2.45. The molecule has 5 rings (SSSR count). The Bertz CT molecular complexity index is 1250. The maximum atomic E-state index is 13.3. The van der Waals surface area contributed by atoms with Crippen molar-refractivity contribution in [3.8, 4) is 11.3 Å². The fourth-order valence-electron chi connectivity index (χ4n) is 3.85. The van der Waals surface area contributed by atoms with Gasteiger partial charge in [0.15, 0.2) is 0 Å². The molecule has 9 heteroatoms. The van der Waals surface area contributed by atoms with Gasteiger partial charge in [-0.15, -0.1) is 0 Å². The number of rotatable bonds is 1. The summed E-state index contributed by atoms with van der Waals surface area (Å²) in [7, 11) is 0. The van der Waals surface area contributed by atoms with Crippen LogP contribution < -0.4 is 5.73 Å². The first-order chi connectivity index (χ1) is 13.9.